The lowest BCUT2D eigenvalue weighted by Gasteiger charge is -2.11. The summed E-state index contributed by atoms with van der Waals surface area (Å²) in [5.41, 5.74) is -18.0. The molecule has 1 aliphatic carbocycles. The van der Waals surface area contributed by atoms with Crippen LogP contribution in [0.15, 0.2) is 0 Å². The van der Waals surface area contributed by atoms with Crippen LogP contribution in [0.5, 0.6) is 0 Å². The number of alkyl halides is 9. The van der Waals surface area contributed by atoms with Crippen LogP contribution < -0.4 is 0 Å². The molecule has 0 spiro atoms. The van der Waals surface area contributed by atoms with E-state index in [1.165, 1.54) is 0 Å². The van der Waals surface area contributed by atoms with Crippen molar-refractivity contribution in [1.29, 1.82) is 0 Å². The molecule has 4 rings (SSSR count). The predicted molar refractivity (Wildman–Crippen MR) is 73.2 cm³/mol. The summed E-state index contributed by atoms with van der Waals surface area (Å²) < 4.78 is 184. The van der Waals surface area contributed by atoms with E-state index in [2.05, 4.69) is 0 Å². The minimum absolute atomic E-state index is 0.479. The van der Waals surface area contributed by atoms with Crippen molar-refractivity contribution in [2.24, 2.45) is 0 Å². The van der Waals surface area contributed by atoms with Gasteiger partial charge < -0.3 is 0 Å². The highest BCUT2D eigenvalue weighted by Crippen LogP contribution is 2.66. The monoisotopic (exact) mass is 519 g/mol. The largest absolute Gasteiger partial charge is 0.511 e. The summed E-state index contributed by atoms with van der Waals surface area (Å²) in [6, 6.07) is -12.5. The summed E-state index contributed by atoms with van der Waals surface area (Å²) in [6.07, 6.45) is 0. The second-order valence-electron chi connectivity index (χ2n) is 6.79. The smallest absolute Gasteiger partial charge is 0.203 e. The van der Waals surface area contributed by atoms with Gasteiger partial charge in [0.2, 0.25) is 0 Å². The Labute approximate surface area is 161 Å². The molecule has 4 aliphatic rings. The van der Waals surface area contributed by atoms with Gasteiger partial charge in [-0.15, -0.1) is 0 Å². The lowest BCUT2D eigenvalue weighted by molar-refractivity contribution is -0.0479. The lowest BCUT2D eigenvalue weighted by atomic mass is 10.0. The maximum absolute atomic E-state index is 12.8. The van der Waals surface area contributed by atoms with Gasteiger partial charge in [0.1, 0.15) is 0 Å². The Hall–Kier alpha value is -0.900. The predicted octanol–water partition coefficient (Wildman–Crippen LogP) is -0.293. The first-order valence-corrected chi connectivity index (χ1v) is 11.7. The maximum atomic E-state index is 12.8. The summed E-state index contributed by atoms with van der Waals surface area (Å²) >= 11 is 0. The highest BCUT2D eigenvalue weighted by molar-refractivity contribution is 7.91. The molecule has 4 fully saturated rings. The zero-order valence-electron chi connectivity index (χ0n) is 13.4. The Kier molecular flexibility index (Phi) is 3.98. The number of rotatable bonds is 3. The summed E-state index contributed by atoms with van der Waals surface area (Å²) in [5, 5.41) is 0. The van der Waals surface area contributed by atoms with Gasteiger partial charge in [-0.1, -0.05) is 0 Å². The quantitative estimate of drug-likeness (QED) is 0.374. The van der Waals surface area contributed by atoms with E-state index in [1.807, 2.05) is 0 Å². The summed E-state index contributed by atoms with van der Waals surface area (Å²) in [6.45, 7) is 0. The van der Waals surface area contributed by atoms with Gasteiger partial charge in [0.25, 0.3) is 0 Å². The van der Waals surface area contributed by atoms with E-state index < -0.39 is 95.8 Å². The Balaban J connectivity index is 1.79. The number of hydrogen-bond acceptors (Lipinski definition) is 6. The molecule has 0 aromatic carbocycles. The molecule has 0 amide bonds. The van der Waals surface area contributed by atoms with Crippen molar-refractivity contribution in [3.05, 3.63) is 0 Å². The molecular weight excluding hydrogens is 513 g/mol. The van der Waals surface area contributed by atoms with Crippen LogP contribution in [0.1, 0.15) is 0 Å². The number of halogens is 9. The van der Waals surface area contributed by atoms with Crippen LogP contribution in [0.2, 0.25) is 0 Å². The topological polar surface area (TPSA) is 111 Å². The molecule has 1 saturated carbocycles. The molecule has 0 radical (unpaired) electrons. The molecule has 0 aromatic rings. The first-order valence-electron chi connectivity index (χ1n) is 7.41. The van der Waals surface area contributed by atoms with Crippen LogP contribution in [0.25, 0.3) is 0 Å². The van der Waals surface area contributed by atoms with E-state index in [4.69, 9.17) is 0 Å². The average molecular weight is 519 g/mol. The van der Waals surface area contributed by atoms with Gasteiger partial charge in [0.05, 0.1) is 36.3 Å². The highest BCUT2D eigenvalue weighted by atomic mass is 32.2. The molecule has 174 valence electrons. The third kappa shape index (κ3) is 2.49. The van der Waals surface area contributed by atoms with Gasteiger partial charge in [-0.25, -0.2) is 25.3 Å². The zero-order valence-corrected chi connectivity index (χ0v) is 15.8. The van der Waals surface area contributed by atoms with E-state index in [1.54, 1.807) is 0 Å². The standard InChI is InChI=1S/C9H6F9N3O6S3/c10-7(11,12)28(22,23)19-1-2(19)4-6(21(4)30(26,27)9(16,17)18)5-3(1)20(5)29(24,25)8(13,14)15/h1-6H. The Morgan fingerprint density at radius 2 is 0.533 bits per heavy atom. The molecule has 9 nitrogen and oxygen atoms in total. The van der Waals surface area contributed by atoms with E-state index >= 15 is 0 Å². The maximum Gasteiger partial charge on any atom is 0.511 e. The molecule has 0 aromatic heterocycles. The minimum atomic E-state index is -6.28. The second-order valence-corrected chi connectivity index (χ2v) is 12.3. The van der Waals surface area contributed by atoms with Gasteiger partial charge in [-0.05, 0) is 0 Å². The fourth-order valence-corrected chi connectivity index (χ4v) is 8.15. The fraction of sp³-hybridized carbons (Fsp3) is 1.00. The van der Waals surface area contributed by atoms with Crippen LogP contribution >= 0.6 is 0 Å². The Morgan fingerprint density at radius 3 is 0.633 bits per heavy atom. The van der Waals surface area contributed by atoms with Gasteiger partial charge >= 0.3 is 46.6 Å². The van der Waals surface area contributed by atoms with Crippen LogP contribution in [-0.4, -0.2) is 90.9 Å². The molecule has 21 heteroatoms. The number of nitrogens with zero attached hydrogens (tertiary/aromatic N) is 3. The molecule has 3 heterocycles. The molecular formula is C9H6F9N3O6S3. The number of sulfonamides is 3. The molecule has 0 atom stereocenters. The molecule has 0 bridgehead atoms. The zero-order chi connectivity index (χ0) is 23.2. The van der Waals surface area contributed by atoms with E-state index in [0.717, 1.165) is 0 Å². The second kappa shape index (κ2) is 5.35. The molecule has 30 heavy (non-hydrogen) atoms. The minimum Gasteiger partial charge on any atom is -0.203 e. The van der Waals surface area contributed by atoms with Crippen molar-refractivity contribution >= 4 is 30.1 Å². The van der Waals surface area contributed by atoms with Crippen molar-refractivity contribution in [2.75, 3.05) is 0 Å². The summed E-state index contributed by atoms with van der Waals surface area (Å²) in [4.78, 5) is 0. The summed E-state index contributed by atoms with van der Waals surface area (Å²) in [5.74, 6) is 0. The van der Waals surface area contributed by atoms with Crippen molar-refractivity contribution < 1.29 is 64.8 Å². The highest BCUT2D eigenvalue weighted by Gasteiger charge is 2.90. The molecule has 0 N–H and O–H groups in total. The van der Waals surface area contributed by atoms with Gasteiger partial charge in [0, 0.05) is 0 Å². The van der Waals surface area contributed by atoms with Crippen LogP contribution in [0, 0.1) is 0 Å². The summed E-state index contributed by atoms with van der Waals surface area (Å²) in [7, 11) is -18.8. The first-order chi connectivity index (χ1) is 13.1. The Morgan fingerprint density at radius 1 is 0.400 bits per heavy atom. The van der Waals surface area contributed by atoms with E-state index in [0.29, 0.717) is 0 Å². The van der Waals surface area contributed by atoms with Crippen molar-refractivity contribution in [3.8, 4) is 0 Å². The number of fused-ring (bicyclic) bond motifs is 6. The lowest BCUT2D eigenvalue weighted by Crippen LogP contribution is -2.34. The van der Waals surface area contributed by atoms with Crippen molar-refractivity contribution in [1.82, 2.24) is 12.9 Å². The van der Waals surface area contributed by atoms with Crippen LogP contribution in [-0.2, 0) is 30.1 Å². The van der Waals surface area contributed by atoms with Crippen LogP contribution in [0.4, 0.5) is 39.5 Å². The van der Waals surface area contributed by atoms with Crippen molar-refractivity contribution in [3.63, 3.8) is 0 Å². The first kappa shape index (κ1) is 22.3. The molecule has 3 saturated heterocycles. The van der Waals surface area contributed by atoms with Crippen molar-refractivity contribution in [2.45, 2.75) is 52.8 Å². The van der Waals surface area contributed by atoms with Crippen LogP contribution in [0.3, 0.4) is 0 Å². The van der Waals surface area contributed by atoms with E-state index in [-0.39, 0.29) is 0 Å². The third-order valence-corrected chi connectivity index (χ3v) is 10.2. The molecule has 0 unspecified atom stereocenters. The fourth-order valence-electron chi connectivity index (χ4n) is 4.18. The van der Waals surface area contributed by atoms with E-state index in [9.17, 15) is 64.8 Å². The van der Waals surface area contributed by atoms with Gasteiger partial charge in [-0.2, -0.15) is 52.4 Å². The third-order valence-electron chi connectivity index (χ3n) is 5.30. The average Bonchev–Trinajstić information content (AvgIpc) is 3.35. The SMILES string of the molecule is O=S(=O)(N1C2C3C(C4C(C21)N4S(=O)(=O)C(F)(F)F)N3S(=O)(=O)C(F)(F)F)C(F)(F)F. The van der Waals surface area contributed by atoms with Gasteiger partial charge in [0.15, 0.2) is 0 Å². The van der Waals surface area contributed by atoms with Gasteiger partial charge in [-0.3, -0.25) is 0 Å². The Bertz CT molecular complexity index is 948. The molecule has 3 aliphatic heterocycles. The normalized spacial score (nSPS) is 43.3. The number of hydrogen-bond donors (Lipinski definition) is 0.